The minimum absolute atomic E-state index is 0.103. The van der Waals surface area contributed by atoms with Crippen LogP contribution in [0, 0.1) is 12.3 Å². The molecular weight excluding hydrogens is 606 g/mol. The van der Waals surface area contributed by atoms with Gasteiger partial charge in [-0.05, 0) is 99.7 Å². The molecular formula is C42H56B2O5. The molecule has 1 aliphatic heterocycles. The molecule has 5 rings (SSSR count). The second-order valence-corrected chi connectivity index (χ2v) is 14.8. The molecule has 4 aromatic carbocycles. The fraction of sp³-hybridized carbons (Fsp3) is 0.429. The molecule has 0 spiro atoms. The van der Waals surface area contributed by atoms with Gasteiger partial charge in [0.15, 0.2) is 0 Å². The molecule has 1 fully saturated rings. The Morgan fingerprint density at radius 2 is 1.18 bits per heavy atom. The van der Waals surface area contributed by atoms with Crippen molar-refractivity contribution < 1.29 is 23.4 Å². The first-order valence-electron chi connectivity index (χ1n) is 17.7. The molecule has 49 heavy (non-hydrogen) atoms. The highest BCUT2D eigenvalue weighted by molar-refractivity contribution is 6.66. The summed E-state index contributed by atoms with van der Waals surface area (Å²) in [5.41, 5.74) is 3.83. The van der Waals surface area contributed by atoms with Gasteiger partial charge in [-0.3, -0.25) is 0 Å². The van der Waals surface area contributed by atoms with Crippen molar-refractivity contribution in [3.05, 3.63) is 120 Å². The van der Waals surface area contributed by atoms with Crippen LogP contribution in [0.25, 0.3) is 0 Å². The van der Waals surface area contributed by atoms with E-state index in [1.54, 1.807) is 0 Å². The van der Waals surface area contributed by atoms with E-state index >= 15 is 0 Å². The zero-order valence-electron chi connectivity index (χ0n) is 31.6. The van der Waals surface area contributed by atoms with E-state index in [2.05, 4.69) is 111 Å². The third-order valence-electron chi connectivity index (χ3n) is 10.2. The van der Waals surface area contributed by atoms with Gasteiger partial charge in [-0.1, -0.05) is 119 Å². The maximum absolute atomic E-state index is 6.82. The van der Waals surface area contributed by atoms with E-state index in [1.807, 2.05) is 68.4 Å². The third kappa shape index (κ3) is 9.60. The van der Waals surface area contributed by atoms with Gasteiger partial charge in [0.05, 0.1) is 16.8 Å². The molecule has 1 unspecified atom stereocenters. The number of aryl methyl sites for hydroxylation is 1. The van der Waals surface area contributed by atoms with E-state index < -0.39 is 23.9 Å². The molecule has 1 heterocycles. The molecule has 0 N–H and O–H groups in total. The first kappa shape index (κ1) is 38.3. The lowest BCUT2D eigenvalue weighted by molar-refractivity contribution is -0.0910. The van der Waals surface area contributed by atoms with Crippen LogP contribution in [0.4, 0.5) is 0 Å². The molecule has 260 valence electrons. The summed E-state index contributed by atoms with van der Waals surface area (Å²) in [6, 6.07) is 34.9. The highest BCUT2D eigenvalue weighted by atomic mass is 16.7. The lowest BCUT2D eigenvalue weighted by Gasteiger charge is -2.49. The van der Waals surface area contributed by atoms with Crippen LogP contribution < -0.4 is 20.4 Å². The molecule has 7 heteroatoms. The van der Waals surface area contributed by atoms with Crippen LogP contribution in [-0.4, -0.2) is 30.8 Å². The summed E-state index contributed by atoms with van der Waals surface area (Å²) >= 11 is 0. The lowest BCUT2D eigenvalue weighted by atomic mass is 9.60. The van der Waals surface area contributed by atoms with Gasteiger partial charge in [0.25, 0.3) is 0 Å². The average molecular weight is 663 g/mol. The van der Waals surface area contributed by atoms with Crippen LogP contribution in [0.3, 0.4) is 0 Å². The van der Waals surface area contributed by atoms with Crippen LogP contribution in [0.1, 0.15) is 85.4 Å². The van der Waals surface area contributed by atoms with Crippen molar-refractivity contribution in [3.8, 4) is 11.5 Å². The smallest absolute Gasteiger partial charge is 0.489 e. The highest BCUT2D eigenvalue weighted by Gasteiger charge is 2.58. The maximum atomic E-state index is 6.82. The Balaban J connectivity index is 0.00000265. The van der Waals surface area contributed by atoms with Gasteiger partial charge in [0, 0.05) is 0 Å². The normalized spacial score (nSPS) is 17.2. The fourth-order valence-corrected chi connectivity index (χ4v) is 6.06. The largest absolute Gasteiger partial charge is 0.494 e. The standard InChI is InChI=1S/C40H50B2O5.C2H6/c1-30-15-17-32(18-16-30)28-44-36-25-21-34(22-26-36)42-46-39(6,7)40(8,47-42)29-37(2,3)38(4,5)45-41(9)33-19-23-35(24-20-33)43-27-31-13-11-10-12-14-31;1-2/h10-26H,27-29H2,1-9H3;1-2H3. The Labute approximate surface area is 296 Å². The summed E-state index contributed by atoms with van der Waals surface area (Å²) in [6.45, 7) is 24.5. The monoisotopic (exact) mass is 662 g/mol. The molecule has 0 bridgehead atoms. The Kier molecular flexibility index (Phi) is 12.5. The van der Waals surface area contributed by atoms with Crippen molar-refractivity contribution in [1.29, 1.82) is 0 Å². The first-order valence-corrected chi connectivity index (χ1v) is 17.7. The quantitative estimate of drug-likeness (QED) is 0.134. The minimum Gasteiger partial charge on any atom is -0.489 e. The third-order valence-corrected chi connectivity index (χ3v) is 10.2. The summed E-state index contributed by atoms with van der Waals surface area (Å²) in [4.78, 5) is 0. The predicted molar refractivity (Wildman–Crippen MR) is 205 cm³/mol. The fourth-order valence-electron chi connectivity index (χ4n) is 6.06. The molecule has 0 aromatic heterocycles. The minimum atomic E-state index is -0.552. The van der Waals surface area contributed by atoms with Crippen molar-refractivity contribution in [1.82, 2.24) is 0 Å². The van der Waals surface area contributed by atoms with Crippen molar-refractivity contribution in [2.24, 2.45) is 5.41 Å². The van der Waals surface area contributed by atoms with Crippen LogP contribution in [-0.2, 0) is 27.2 Å². The van der Waals surface area contributed by atoms with Gasteiger partial charge in [0.2, 0.25) is 0 Å². The van der Waals surface area contributed by atoms with Crippen LogP contribution in [0.15, 0.2) is 103 Å². The van der Waals surface area contributed by atoms with Crippen molar-refractivity contribution in [2.75, 3.05) is 0 Å². The average Bonchev–Trinajstić information content (AvgIpc) is 3.32. The van der Waals surface area contributed by atoms with Gasteiger partial charge in [0.1, 0.15) is 24.7 Å². The van der Waals surface area contributed by atoms with E-state index in [0.29, 0.717) is 13.2 Å². The predicted octanol–water partition coefficient (Wildman–Crippen LogP) is 9.20. The van der Waals surface area contributed by atoms with E-state index in [1.165, 1.54) is 5.56 Å². The molecule has 4 aromatic rings. The van der Waals surface area contributed by atoms with Gasteiger partial charge in [-0.25, -0.2) is 0 Å². The zero-order valence-corrected chi connectivity index (χ0v) is 31.6. The second kappa shape index (κ2) is 16.0. The summed E-state index contributed by atoms with van der Waals surface area (Å²) in [6.07, 6.45) is 0.743. The van der Waals surface area contributed by atoms with Gasteiger partial charge >= 0.3 is 14.0 Å². The number of hydrogen-bond acceptors (Lipinski definition) is 5. The van der Waals surface area contributed by atoms with Crippen molar-refractivity contribution in [2.45, 2.75) is 112 Å². The Bertz CT molecular complexity index is 1590. The van der Waals surface area contributed by atoms with Crippen molar-refractivity contribution in [3.63, 3.8) is 0 Å². The molecule has 0 amide bonds. The summed E-state index contributed by atoms with van der Waals surface area (Å²) in [5.74, 6) is 1.66. The molecule has 0 aliphatic carbocycles. The second-order valence-electron chi connectivity index (χ2n) is 14.8. The first-order chi connectivity index (χ1) is 23.2. The molecule has 1 aliphatic rings. The molecule has 0 saturated carbocycles. The Morgan fingerprint density at radius 3 is 1.73 bits per heavy atom. The summed E-state index contributed by atoms with van der Waals surface area (Å²) in [5, 5.41) is 0. The van der Waals surface area contributed by atoms with Crippen molar-refractivity contribution >= 4 is 25.0 Å². The number of ether oxygens (including phenoxy) is 2. The number of hydrogen-bond donors (Lipinski definition) is 0. The molecule has 1 saturated heterocycles. The van der Waals surface area contributed by atoms with Crippen LogP contribution in [0.5, 0.6) is 11.5 Å². The molecule has 0 radical (unpaired) electrons. The molecule has 5 nitrogen and oxygen atoms in total. The summed E-state index contributed by atoms with van der Waals surface area (Å²) in [7, 11) is -0.470. The van der Waals surface area contributed by atoms with E-state index in [-0.39, 0.29) is 12.3 Å². The SMILES string of the molecule is CB(OC(C)(C)C(C)(C)CC1(C)OB(c2ccc(OCc3ccc(C)cc3)cc2)OC1(C)C)c1ccc(OCc2ccccc2)cc1.CC. The number of rotatable bonds is 13. The topological polar surface area (TPSA) is 46.2 Å². The number of benzene rings is 4. The van der Waals surface area contributed by atoms with E-state index in [9.17, 15) is 0 Å². The van der Waals surface area contributed by atoms with Gasteiger partial charge in [-0.15, -0.1) is 0 Å². The Hall–Kier alpha value is -3.51. The Morgan fingerprint density at radius 1 is 0.673 bits per heavy atom. The van der Waals surface area contributed by atoms with E-state index in [0.717, 1.165) is 40.0 Å². The zero-order chi connectivity index (χ0) is 35.9. The van der Waals surface area contributed by atoms with E-state index in [4.69, 9.17) is 23.4 Å². The van der Waals surface area contributed by atoms with Crippen LogP contribution >= 0.6 is 0 Å². The van der Waals surface area contributed by atoms with Gasteiger partial charge < -0.3 is 23.4 Å². The molecule has 1 atom stereocenters. The summed E-state index contributed by atoms with van der Waals surface area (Å²) < 4.78 is 32.2. The van der Waals surface area contributed by atoms with Crippen LogP contribution in [0.2, 0.25) is 6.82 Å². The maximum Gasteiger partial charge on any atom is 0.494 e. The highest BCUT2D eigenvalue weighted by Crippen LogP contribution is 2.49. The van der Waals surface area contributed by atoms with Gasteiger partial charge in [-0.2, -0.15) is 0 Å². The lowest BCUT2D eigenvalue weighted by Crippen LogP contribution is -2.55.